The van der Waals surface area contributed by atoms with Crippen molar-refractivity contribution in [3.05, 3.63) is 75.0 Å². The number of carbonyl (C=O) groups is 1. The van der Waals surface area contributed by atoms with Crippen LogP contribution < -0.4 is 9.04 Å². The van der Waals surface area contributed by atoms with E-state index in [1.54, 1.807) is 38.1 Å². The lowest BCUT2D eigenvalue weighted by Gasteiger charge is -2.27. The van der Waals surface area contributed by atoms with Crippen LogP contribution in [0.4, 0.5) is 5.69 Å². The maximum atomic E-state index is 13.5. The molecule has 3 rings (SSSR count). The average molecular weight is 526 g/mol. The molecule has 0 aliphatic carbocycles. The summed E-state index contributed by atoms with van der Waals surface area (Å²) in [7, 11) is -4.03. The summed E-state index contributed by atoms with van der Waals surface area (Å²) in [6.45, 7) is 7.40. The van der Waals surface area contributed by atoms with Crippen molar-refractivity contribution in [1.29, 1.82) is 0 Å². The second-order valence-corrected chi connectivity index (χ2v) is 10.9. The molecular weight excluding hydrogens is 501 g/mol. The van der Waals surface area contributed by atoms with Crippen LogP contribution in [0.15, 0.2) is 52.0 Å². The van der Waals surface area contributed by atoms with Gasteiger partial charge in [-0.3, -0.25) is 4.31 Å². The van der Waals surface area contributed by atoms with Gasteiger partial charge in [0.25, 0.3) is 10.0 Å². The van der Waals surface area contributed by atoms with Gasteiger partial charge in [-0.15, -0.1) is 0 Å². The van der Waals surface area contributed by atoms with Gasteiger partial charge in [0.2, 0.25) is 5.09 Å². The van der Waals surface area contributed by atoms with Gasteiger partial charge in [0.1, 0.15) is 18.1 Å². The number of nitrogens with zero attached hydrogens (tertiary/aromatic N) is 1. The van der Waals surface area contributed by atoms with Crippen LogP contribution in [0, 0.1) is 19.8 Å². The molecule has 0 radical (unpaired) electrons. The van der Waals surface area contributed by atoms with Crippen LogP contribution in [-0.2, 0) is 16.6 Å². The zero-order chi connectivity index (χ0) is 25.2. The van der Waals surface area contributed by atoms with E-state index in [0.717, 1.165) is 0 Å². The molecule has 182 valence electrons. The van der Waals surface area contributed by atoms with E-state index in [9.17, 15) is 13.2 Å². The molecule has 1 N–H and O–H groups in total. The van der Waals surface area contributed by atoms with Gasteiger partial charge in [0.15, 0.2) is 0 Å². The lowest BCUT2D eigenvalue weighted by Crippen LogP contribution is -2.34. The highest BCUT2D eigenvalue weighted by Crippen LogP contribution is 2.38. The molecule has 10 heteroatoms. The van der Waals surface area contributed by atoms with Gasteiger partial charge in [0.05, 0.1) is 11.3 Å². The number of aromatic carboxylic acids is 1. The lowest BCUT2D eigenvalue weighted by atomic mass is 10.1. The number of benzene rings is 2. The number of hydrogen-bond donors (Lipinski definition) is 1. The van der Waals surface area contributed by atoms with E-state index in [4.69, 9.17) is 37.5 Å². The first kappa shape index (κ1) is 25.9. The predicted molar refractivity (Wildman–Crippen MR) is 132 cm³/mol. The standard InChI is InChI=1S/C24H25Cl2NO6S/c1-14(2)12-27(34(30,31)23-8-5-16(4)33-23)21-9-15(3)19(25)11-22(21)32-13-18-7-6-17(24(28)29)10-20(18)26/h5-11,14H,12-13H2,1-4H3,(H,28,29). The molecule has 0 saturated carbocycles. The van der Waals surface area contributed by atoms with Gasteiger partial charge >= 0.3 is 5.97 Å². The number of furan rings is 1. The van der Waals surface area contributed by atoms with Gasteiger partial charge in [-0.05, 0) is 55.7 Å². The molecule has 0 fully saturated rings. The largest absolute Gasteiger partial charge is 0.487 e. The highest BCUT2D eigenvalue weighted by Gasteiger charge is 2.31. The molecule has 0 spiro atoms. The summed E-state index contributed by atoms with van der Waals surface area (Å²) < 4.78 is 39.7. The maximum Gasteiger partial charge on any atom is 0.335 e. The first-order valence-electron chi connectivity index (χ1n) is 10.4. The molecule has 0 atom stereocenters. The fraction of sp³-hybridized carbons (Fsp3) is 0.292. The summed E-state index contributed by atoms with van der Waals surface area (Å²) in [5.41, 5.74) is 1.57. The highest BCUT2D eigenvalue weighted by molar-refractivity contribution is 7.92. The van der Waals surface area contributed by atoms with Crippen LogP contribution >= 0.6 is 23.2 Å². The minimum atomic E-state index is -4.03. The second-order valence-electron chi connectivity index (χ2n) is 8.26. The van der Waals surface area contributed by atoms with E-state index in [2.05, 4.69) is 0 Å². The van der Waals surface area contributed by atoms with Crippen molar-refractivity contribution < 1.29 is 27.5 Å². The summed E-state index contributed by atoms with van der Waals surface area (Å²) >= 11 is 12.6. The monoisotopic (exact) mass is 525 g/mol. The highest BCUT2D eigenvalue weighted by atomic mass is 35.5. The molecule has 0 aliphatic heterocycles. The van der Waals surface area contributed by atoms with Crippen LogP contribution in [-0.4, -0.2) is 26.0 Å². The fourth-order valence-corrected chi connectivity index (χ4v) is 5.21. The Hall–Kier alpha value is -2.68. The number of hydrogen-bond acceptors (Lipinski definition) is 5. The molecule has 3 aromatic rings. The summed E-state index contributed by atoms with van der Waals surface area (Å²) in [6, 6.07) is 10.5. The van der Waals surface area contributed by atoms with E-state index < -0.39 is 16.0 Å². The zero-order valence-corrected chi connectivity index (χ0v) is 21.5. The summed E-state index contributed by atoms with van der Waals surface area (Å²) in [5.74, 6) is -0.384. The summed E-state index contributed by atoms with van der Waals surface area (Å²) in [6.07, 6.45) is 0. The van der Waals surface area contributed by atoms with E-state index in [0.29, 0.717) is 27.6 Å². The van der Waals surface area contributed by atoms with Crippen molar-refractivity contribution in [1.82, 2.24) is 0 Å². The summed E-state index contributed by atoms with van der Waals surface area (Å²) in [5, 5.41) is 9.59. The topological polar surface area (TPSA) is 97.0 Å². The first-order chi connectivity index (χ1) is 15.9. The van der Waals surface area contributed by atoms with Gasteiger partial charge in [-0.2, -0.15) is 8.42 Å². The molecule has 1 aromatic heterocycles. The number of aryl methyl sites for hydroxylation is 2. The van der Waals surface area contributed by atoms with Crippen LogP contribution in [0.2, 0.25) is 10.0 Å². The Morgan fingerprint density at radius 3 is 2.35 bits per heavy atom. The zero-order valence-electron chi connectivity index (χ0n) is 19.1. The second kappa shape index (κ2) is 10.3. The van der Waals surface area contributed by atoms with Crippen molar-refractivity contribution in [2.75, 3.05) is 10.8 Å². The Labute approximate surface area is 208 Å². The molecule has 0 amide bonds. The Morgan fingerprint density at radius 1 is 1.09 bits per heavy atom. The molecule has 7 nitrogen and oxygen atoms in total. The third kappa shape index (κ3) is 5.68. The first-order valence-corrected chi connectivity index (χ1v) is 12.6. The molecule has 0 aliphatic rings. The normalized spacial score (nSPS) is 11.6. The molecule has 1 heterocycles. The van der Waals surface area contributed by atoms with E-state index >= 15 is 0 Å². The van der Waals surface area contributed by atoms with Gasteiger partial charge in [0, 0.05) is 28.2 Å². The number of sulfonamides is 1. The number of ether oxygens (including phenoxy) is 1. The minimum absolute atomic E-state index is 0.00678. The van der Waals surface area contributed by atoms with Crippen molar-refractivity contribution in [3.63, 3.8) is 0 Å². The number of anilines is 1. The van der Waals surface area contributed by atoms with Crippen LogP contribution in [0.5, 0.6) is 5.75 Å². The number of carboxylic acids is 1. The number of halogens is 2. The minimum Gasteiger partial charge on any atom is -0.487 e. The number of carboxylic acid groups (broad SMARTS) is 1. The van der Waals surface area contributed by atoms with E-state index in [1.165, 1.54) is 22.5 Å². The smallest absolute Gasteiger partial charge is 0.335 e. The van der Waals surface area contributed by atoms with Crippen LogP contribution in [0.25, 0.3) is 0 Å². The van der Waals surface area contributed by atoms with E-state index in [1.807, 2.05) is 13.8 Å². The van der Waals surface area contributed by atoms with E-state index in [-0.39, 0.29) is 40.5 Å². The SMILES string of the molecule is Cc1ccc(S(=O)(=O)N(CC(C)C)c2cc(C)c(Cl)cc2OCc2ccc(C(=O)O)cc2Cl)o1. The number of rotatable bonds is 9. The van der Waals surface area contributed by atoms with Gasteiger partial charge < -0.3 is 14.3 Å². The molecule has 34 heavy (non-hydrogen) atoms. The fourth-order valence-electron chi connectivity index (χ4n) is 3.23. The van der Waals surface area contributed by atoms with Crippen LogP contribution in [0.3, 0.4) is 0 Å². The molecule has 0 unspecified atom stereocenters. The lowest BCUT2D eigenvalue weighted by molar-refractivity contribution is 0.0696. The molecule has 2 aromatic carbocycles. The Bertz CT molecular complexity index is 1320. The van der Waals surface area contributed by atoms with Gasteiger partial charge in [-0.25, -0.2) is 4.79 Å². The Kier molecular flexibility index (Phi) is 7.85. The molecule has 0 saturated heterocycles. The Morgan fingerprint density at radius 2 is 1.79 bits per heavy atom. The maximum absolute atomic E-state index is 13.5. The van der Waals surface area contributed by atoms with Crippen molar-refractivity contribution in [2.24, 2.45) is 5.92 Å². The third-order valence-electron chi connectivity index (χ3n) is 4.98. The van der Waals surface area contributed by atoms with Gasteiger partial charge in [-0.1, -0.05) is 43.1 Å². The molecular formula is C24H25Cl2NO6S. The van der Waals surface area contributed by atoms with Crippen molar-refractivity contribution in [2.45, 2.75) is 39.4 Å². The van der Waals surface area contributed by atoms with Crippen LogP contribution in [0.1, 0.15) is 41.1 Å². The van der Waals surface area contributed by atoms with Crippen molar-refractivity contribution >= 4 is 44.9 Å². The summed E-state index contributed by atoms with van der Waals surface area (Å²) in [4.78, 5) is 11.2. The Balaban J connectivity index is 2.04. The average Bonchev–Trinajstić information content (AvgIpc) is 3.20. The quantitative estimate of drug-likeness (QED) is 0.350. The molecule has 0 bridgehead atoms. The third-order valence-corrected chi connectivity index (χ3v) is 7.40. The predicted octanol–water partition coefficient (Wildman–Crippen LogP) is 6.33. The van der Waals surface area contributed by atoms with Crippen molar-refractivity contribution in [3.8, 4) is 5.75 Å².